The normalized spacial score (nSPS) is 17.6. The number of piperidine rings is 1. The summed E-state index contributed by atoms with van der Waals surface area (Å²) >= 11 is 0. The third-order valence-corrected chi connectivity index (χ3v) is 8.11. The molecule has 2 atom stereocenters. The van der Waals surface area contributed by atoms with Gasteiger partial charge in [-0.15, -0.1) is 0 Å². The SMILES string of the molecule is O=C(N[C@@H](CCc1ccccc1)CNc1ccc(N2CCCCC2)cc1)[C@@H]1CCCN1C(=O)OCc1ccccc1. The number of hydrogen-bond donors (Lipinski definition) is 2. The second kappa shape index (κ2) is 14.6. The van der Waals surface area contributed by atoms with Crippen molar-refractivity contribution in [3.05, 3.63) is 96.1 Å². The smallest absolute Gasteiger partial charge is 0.410 e. The van der Waals surface area contributed by atoms with Crippen LogP contribution >= 0.6 is 0 Å². The minimum atomic E-state index is -0.513. The summed E-state index contributed by atoms with van der Waals surface area (Å²) < 4.78 is 5.55. The molecule has 0 unspecified atom stereocenters. The van der Waals surface area contributed by atoms with E-state index in [4.69, 9.17) is 4.74 Å². The lowest BCUT2D eigenvalue weighted by Crippen LogP contribution is -2.50. The van der Waals surface area contributed by atoms with Crippen LogP contribution in [-0.2, 0) is 22.6 Å². The lowest BCUT2D eigenvalue weighted by Gasteiger charge is -2.29. The number of benzene rings is 3. The molecule has 3 aromatic rings. The van der Waals surface area contributed by atoms with Gasteiger partial charge in [0.05, 0.1) is 0 Å². The van der Waals surface area contributed by atoms with E-state index in [2.05, 4.69) is 51.9 Å². The highest BCUT2D eigenvalue weighted by Gasteiger charge is 2.36. The quantitative estimate of drug-likeness (QED) is 0.304. The number of amides is 2. The molecule has 2 aliphatic rings. The topological polar surface area (TPSA) is 73.9 Å². The molecule has 7 heteroatoms. The van der Waals surface area contributed by atoms with Gasteiger partial charge in [0.2, 0.25) is 5.91 Å². The molecular formula is C34H42N4O3. The summed E-state index contributed by atoms with van der Waals surface area (Å²) in [5.41, 5.74) is 4.48. The highest BCUT2D eigenvalue weighted by atomic mass is 16.6. The predicted octanol–water partition coefficient (Wildman–Crippen LogP) is 6.01. The number of hydrogen-bond acceptors (Lipinski definition) is 5. The van der Waals surface area contributed by atoms with Gasteiger partial charge in [-0.25, -0.2) is 4.79 Å². The van der Waals surface area contributed by atoms with E-state index in [1.54, 1.807) is 4.90 Å². The molecule has 0 spiro atoms. The zero-order valence-electron chi connectivity index (χ0n) is 23.8. The van der Waals surface area contributed by atoms with Gasteiger partial charge >= 0.3 is 6.09 Å². The fourth-order valence-corrected chi connectivity index (χ4v) is 5.75. The maximum Gasteiger partial charge on any atom is 0.410 e. The van der Waals surface area contributed by atoms with E-state index in [0.29, 0.717) is 19.5 Å². The molecule has 0 aromatic heterocycles. The highest BCUT2D eigenvalue weighted by molar-refractivity contribution is 5.86. The van der Waals surface area contributed by atoms with Crippen molar-refractivity contribution in [2.45, 2.75) is 63.6 Å². The van der Waals surface area contributed by atoms with Crippen LogP contribution in [0.2, 0.25) is 0 Å². The largest absolute Gasteiger partial charge is 0.445 e. The van der Waals surface area contributed by atoms with Gasteiger partial charge in [-0.05, 0) is 80.3 Å². The number of ether oxygens (including phenoxy) is 1. The first-order valence-corrected chi connectivity index (χ1v) is 15.1. The first kappa shape index (κ1) is 28.5. The van der Waals surface area contributed by atoms with Crippen molar-refractivity contribution in [1.29, 1.82) is 0 Å². The molecular weight excluding hydrogens is 512 g/mol. The van der Waals surface area contributed by atoms with Crippen molar-refractivity contribution in [3.63, 3.8) is 0 Å². The molecule has 3 aromatic carbocycles. The lowest BCUT2D eigenvalue weighted by atomic mass is 10.0. The summed E-state index contributed by atoms with van der Waals surface area (Å²) in [6.07, 6.45) is 6.48. The summed E-state index contributed by atoms with van der Waals surface area (Å²) in [6, 6.07) is 28.0. The van der Waals surface area contributed by atoms with Gasteiger partial charge < -0.3 is 20.3 Å². The summed E-state index contributed by atoms with van der Waals surface area (Å²) in [7, 11) is 0. The summed E-state index contributed by atoms with van der Waals surface area (Å²) in [6.45, 7) is 3.58. The van der Waals surface area contributed by atoms with Gasteiger partial charge in [-0.2, -0.15) is 0 Å². The predicted molar refractivity (Wildman–Crippen MR) is 164 cm³/mol. The fourth-order valence-electron chi connectivity index (χ4n) is 5.75. The molecule has 41 heavy (non-hydrogen) atoms. The molecule has 0 radical (unpaired) electrons. The van der Waals surface area contributed by atoms with Gasteiger partial charge in [0.25, 0.3) is 0 Å². The molecule has 2 N–H and O–H groups in total. The van der Waals surface area contributed by atoms with Crippen molar-refractivity contribution in [2.24, 2.45) is 0 Å². The minimum Gasteiger partial charge on any atom is -0.445 e. The Bertz CT molecular complexity index is 1230. The minimum absolute atomic E-state index is 0.0905. The summed E-state index contributed by atoms with van der Waals surface area (Å²) in [4.78, 5) is 30.4. The second-order valence-electron chi connectivity index (χ2n) is 11.1. The number of carbonyl (C=O) groups is 2. The molecule has 216 valence electrons. The van der Waals surface area contributed by atoms with E-state index < -0.39 is 12.1 Å². The van der Waals surface area contributed by atoms with Gasteiger partial charge in [0.1, 0.15) is 12.6 Å². The van der Waals surface area contributed by atoms with Gasteiger partial charge in [0.15, 0.2) is 0 Å². The van der Waals surface area contributed by atoms with Gasteiger partial charge in [-0.1, -0.05) is 60.7 Å². The number of carbonyl (C=O) groups excluding carboxylic acids is 2. The Morgan fingerprint density at radius 1 is 0.805 bits per heavy atom. The number of anilines is 2. The maximum atomic E-state index is 13.5. The van der Waals surface area contributed by atoms with E-state index in [9.17, 15) is 9.59 Å². The van der Waals surface area contributed by atoms with Gasteiger partial charge in [0, 0.05) is 43.6 Å². The van der Waals surface area contributed by atoms with E-state index in [-0.39, 0.29) is 18.6 Å². The number of aryl methyl sites for hydroxylation is 1. The highest BCUT2D eigenvalue weighted by Crippen LogP contribution is 2.23. The van der Waals surface area contributed by atoms with E-state index in [1.807, 2.05) is 48.5 Å². The van der Waals surface area contributed by atoms with Crippen LogP contribution in [0.4, 0.5) is 16.2 Å². The first-order valence-electron chi connectivity index (χ1n) is 15.1. The fraction of sp³-hybridized carbons (Fsp3) is 0.412. The lowest BCUT2D eigenvalue weighted by molar-refractivity contribution is -0.125. The molecule has 2 heterocycles. The Morgan fingerprint density at radius 3 is 2.20 bits per heavy atom. The molecule has 0 saturated carbocycles. The standard InChI is InChI=1S/C34H42N4O3/c39-33(32-15-10-24-38(32)34(40)41-26-28-13-6-2-7-14-28)36-30(17-16-27-11-4-1-5-12-27)25-35-29-18-20-31(21-19-29)37-22-8-3-9-23-37/h1-2,4-7,11-14,18-21,30,32,35H,3,8-10,15-17,22-26H2,(H,36,39)/t30-,32-/m0/s1. The van der Waals surface area contributed by atoms with Crippen molar-refractivity contribution in [2.75, 3.05) is 36.4 Å². The Kier molecular flexibility index (Phi) is 10.1. The first-order chi connectivity index (χ1) is 20.2. The van der Waals surface area contributed by atoms with Crippen molar-refractivity contribution < 1.29 is 14.3 Å². The van der Waals surface area contributed by atoms with E-state index in [0.717, 1.165) is 43.6 Å². The Labute approximate surface area is 243 Å². The van der Waals surface area contributed by atoms with Crippen LogP contribution in [0, 0.1) is 0 Å². The second-order valence-corrected chi connectivity index (χ2v) is 11.1. The van der Waals surface area contributed by atoms with Crippen molar-refractivity contribution in [3.8, 4) is 0 Å². The number of likely N-dealkylation sites (tertiary alicyclic amines) is 1. The summed E-state index contributed by atoms with van der Waals surface area (Å²) in [5.74, 6) is -0.112. The Morgan fingerprint density at radius 2 is 1.49 bits per heavy atom. The zero-order chi connectivity index (χ0) is 28.3. The molecule has 0 aliphatic carbocycles. The van der Waals surface area contributed by atoms with Crippen molar-refractivity contribution in [1.82, 2.24) is 10.2 Å². The number of rotatable bonds is 11. The van der Waals surface area contributed by atoms with Crippen LogP contribution in [-0.4, -0.2) is 55.2 Å². The Hall–Kier alpha value is -4.00. The maximum absolute atomic E-state index is 13.5. The van der Waals surface area contributed by atoms with Crippen LogP contribution in [0.5, 0.6) is 0 Å². The molecule has 5 rings (SSSR count). The van der Waals surface area contributed by atoms with Crippen LogP contribution < -0.4 is 15.5 Å². The number of nitrogens with one attached hydrogen (secondary N) is 2. The number of nitrogens with zero attached hydrogens (tertiary/aromatic N) is 2. The third kappa shape index (κ3) is 8.26. The van der Waals surface area contributed by atoms with Crippen LogP contribution in [0.1, 0.15) is 49.7 Å². The average molecular weight is 555 g/mol. The van der Waals surface area contributed by atoms with Crippen LogP contribution in [0.25, 0.3) is 0 Å². The average Bonchev–Trinajstić information content (AvgIpc) is 3.53. The molecule has 0 bridgehead atoms. The third-order valence-electron chi connectivity index (χ3n) is 8.11. The van der Waals surface area contributed by atoms with E-state index >= 15 is 0 Å². The molecule has 2 amide bonds. The monoisotopic (exact) mass is 554 g/mol. The van der Waals surface area contributed by atoms with Crippen LogP contribution in [0.3, 0.4) is 0 Å². The van der Waals surface area contributed by atoms with E-state index in [1.165, 1.54) is 30.5 Å². The Balaban J connectivity index is 1.18. The molecule has 2 saturated heterocycles. The van der Waals surface area contributed by atoms with Crippen molar-refractivity contribution >= 4 is 23.4 Å². The molecule has 2 fully saturated rings. The zero-order valence-corrected chi connectivity index (χ0v) is 23.8. The molecule has 7 nitrogen and oxygen atoms in total. The van der Waals surface area contributed by atoms with Gasteiger partial charge in [-0.3, -0.25) is 9.69 Å². The molecule has 2 aliphatic heterocycles. The van der Waals surface area contributed by atoms with Crippen LogP contribution in [0.15, 0.2) is 84.9 Å². The summed E-state index contributed by atoms with van der Waals surface area (Å²) in [5, 5.41) is 6.80.